The van der Waals surface area contributed by atoms with Crippen LogP contribution in [-0.4, -0.2) is 45.5 Å². The van der Waals surface area contributed by atoms with Crippen LogP contribution in [0.5, 0.6) is 0 Å². The average Bonchev–Trinajstić information content (AvgIpc) is 2.49. The van der Waals surface area contributed by atoms with Gasteiger partial charge in [0.1, 0.15) is 5.69 Å². The molecular weight excluding hydrogens is 276 g/mol. The van der Waals surface area contributed by atoms with E-state index in [1.54, 1.807) is 20.2 Å². The van der Waals surface area contributed by atoms with Crippen molar-refractivity contribution in [2.45, 2.75) is 13.0 Å². The van der Waals surface area contributed by atoms with Crippen molar-refractivity contribution in [3.05, 3.63) is 33.9 Å². The van der Waals surface area contributed by atoms with Crippen LogP contribution in [0.3, 0.4) is 0 Å². The molecule has 0 saturated heterocycles. The summed E-state index contributed by atoms with van der Waals surface area (Å²) in [6.45, 7) is 2.64. The van der Waals surface area contributed by atoms with Gasteiger partial charge in [0.15, 0.2) is 0 Å². The minimum atomic E-state index is -0.404. The third kappa shape index (κ3) is 6.07. The van der Waals surface area contributed by atoms with E-state index < -0.39 is 4.92 Å². The van der Waals surface area contributed by atoms with Crippen LogP contribution in [0, 0.1) is 10.1 Å². The number of nitrogens with zero attached hydrogens (tertiary/aromatic N) is 1. The van der Waals surface area contributed by atoms with E-state index in [-0.39, 0.29) is 5.69 Å². The number of methoxy groups -OCH3 is 1. The molecule has 0 heterocycles. The second-order valence-electron chi connectivity index (χ2n) is 4.33. The highest BCUT2D eigenvalue weighted by Gasteiger charge is 2.15. The largest absolute Gasteiger partial charge is 0.382 e. The topological polar surface area (TPSA) is 82.9 Å². The van der Waals surface area contributed by atoms with Crippen LogP contribution < -0.4 is 5.32 Å². The number of anilines is 1. The average molecular weight is 298 g/mol. The van der Waals surface area contributed by atoms with Crippen molar-refractivity contribution in [1.82, 2.24) is 0 Å². The maximum absolute atomic E-state index is 10.9. The number of nitro groups is 1. The zero-order chi connectivity index (χ0) is 15.5. The predicted molar refractivity (Wildman–Crippen MR) is 79.6 cm³/mol. The smallest absolute Gasteiger partial charge is 0.292 e. The number of ether oxygens (including phenoxy) is 3. The minimum absolute atomic E-state index is 0.0569. The molecule has 1 aromatic carbocycles. The lowest BCUT2D eigenvalue weighted by Gasteiger charge is -2.10. The van der Waals surface area contributed by atoms with Crippen molar-refractivity contribution in [1.29, 1.82) is 0 Å². The Morgan fingerprint density at radius 3 is 2.62 bits per heavy atom. The van der Waals surface area contributed by atoms with Crippen LogP contribution in [0.25, 0.3) is 0 Å². The van der Waals surface area contributed by atoms with Crippen molar-refractivity contribution >= 4 is 11.4 Å². The molecule has 7 nitrogen and oxygen atoms in total. The Labute approximate surface area is 124 Å². The molecule has 0 radical (unpaired) electrons. The normalized spacial score (nSPS) is 10.6. The van der Waals surface area contributed by atoms with Gasteiger partial charge in [0.25, 0.3) is 5.69 Å². The fraction of sp³-hybridized carbons (Fsp3) is 0.571. The molecule has 0 aliphatic heterocycles. The number of nitrogens with one attached hydrogen (secondary N) is 1. The van der Waals surface area contributed by atoms with Crippen LogP contribution in [0.1, 0.15) is 12.0 Å². The molecule has 0 fully saturated rings. The Balaban J connectivity index is 2.35. The van der Waals surface area contributed by atoms with E-state index in [1.807, 2.05) is 6.07 Å². The third-order valence-corrected chi connectivity index (χ3v) is 2.84. The van der Waals surface area contributed by atoms with Crippen LogP contribution in [0.15, 0.2) is 18.2 Å². The zero-order valence-corrected chi connectivity index (χ0v) is 12.5. The first-order valence-electron chi connectivity index (χ1n) is 6.79. The van der Waals surface area contributed by atoms with Crippen molar-refractivity contribution in [2.75, 3.05) is 45.9 Å². The highest BCUT2D eigenvalue weighted by atomic mass is 16.6. The molecule has 0 aromatic heterocycles. The Morgan fingerprint density at radius 1 is 1.19 bits per heavy atom. The number of para-hydroxylation sites is 1. The van der Waals surface area contributed by atoms with Crippen molar-refractivity contribution in [2.24, 2.45) is 0 Å². The van der Waals surface area contributed by atoms with Crippen LogP contribution in [0.4, 0.5) is 11.4 Å². The minimum Gasteiger partial charge on any atom is -0.382 e. The summed E-state index contributed by atoms with van der Waals surface area (Å²) in [5, 5.41) is 13.8. The third-order valence-electron chi connectivity index (χ3n) is 2.84. The fourth-order valence-corrected chi connectivity index (χ4v) is 1.84. The molecular formula is C14H22N2O5. The molecule has 0 spiro atoms. The van der Waals surface area contributed by atoms with E-state index in [0.29, 0.717) is 38.7 Å². The van der Waals surface area contributed by atoms with E-state index >= 15 is 0 Å². The molecule has 7 heteroatoms. The van der Waals surface area contributed by atoms with E-state index in [2.05, 4.69) is 5.32 Å². The van der Waals surface area contributed by atoms with E-state index in [0.717, 1.165) is 12.0 Å². The second-order valence-corrected chi connectivity index (χ2v) is 4.33. The molecule has 0 unspecified atom stereocenters. The molecule has 0 aliphatic rings. The van der Waals surface area contributed by atoms with Gasteiger partial charge in [-0.05, 0) is 6.42 Å². The molecule has 118 valence electrons. The van der Waals surface area contributed by atoms with Crippen LogP contribution in [0.2, 0.25) is 0 Å². The summed E-state index contributed by atoms with van der Waals surface area (Å²) in [4.78, 5) is 10.5. The Morgan fingerprint density at radius 2 is 1.95 bits per heavy atom. The Kier molecular flexibility index (Phi) is 8.34. The van der Waals surface area contributed by atoms with Gasteiger partial charge in [-0.25, -0.2) is 0 Å². The summed E-state index contributed by atoms with van der Waals surface area (Å²) in [7, 11) is 3.29. The first kappa shape index (κ1) is 17.4. The lowest BCUT2D eigenvalue weighted by Crippen LogP contribution is -2.06. The molecule has 0 bridgehead atoms. The summed E-state index contributed by atoms with van der Waals surface area (Å²) < 4.78 is 15.7. The number of nitro benzene ring substituents is 1. The lowest BCUT2D eigenvalue weighted by atomic mass is 10.1. The molecule has 1 rings (SSSR count). The van der Waals surface area contributed by atoms with Crippen molar-refractivity contribution in [3.8, 4) is 0 Å². The fourth-order valence-electron chi connectivity index (χ4n) is 1.84. The quantitative estimate of drug-likeness (QED) is 0.383. The van der Waals surface area contributed by atoms with Crippen LogP contribution >= 0.6 is 0 Å². The number of hydrogen-bond acceptors (Lipinski definition) is 6. The van der Waals surface area contributed by atoms with Gasteiger partial charge in [0, 0.05) is 39.0 Å². The van der Waals surface area contributed by atoms with Gasteiger partial charge in [0.2, 0.25) is 0 Å². The standard InChI is InChI=1S/C14H22N2O5/c1-15-14-12(5-3-6-13(14)16(17)18)11-21-8-4-7-20-10-9-19-2/h3,5-6,15H,4,7-11H2,1-2H3. The number of rotatable bonds is 11. The predicted octanol–water partition coefficient (Wildman–Crippen LogP) is 2.21. The summed E-state index contributed by atoms with van der Waals surface area (Å²) in [6, 6.07) is 4.94. The summed E-state index contributed by atoms with van der Waals surface area (Å²) in [5.74, 6) is 0. The molecule has 0 aliphatic carbocycles. The van der Waals surface area contributed by atoms with Crippen LogP contribution in [-0.2, 0) is 20.8 Å². The monoisotopic (exact) mass is 298 g/mol. The molecule has 0 amide bonds. The van der Waals surface area contributed by atoms with Gasteiger partial charge in [-0.2, -0.15) is 0 Å². The first-order valence-corrected chi connectivity index (χ1v) is 6.79. The maximum Gasteiger partial charge on any atom is 0.292 e. The Bertz CT molecular complexity index is 439. The van der Waals surface area contributed by atoms with Gasteiger partial charge in [0.05, 0.1) is 24.7 Å². The molecule has 21 heavy (non-hydrogen) atoms. The second kappa shape index (κ2) is 10.1. The van der Waals surface area contributed by atoms with Crippen molar-refractivity contribution in [3.63, 3.8) is 0 Å². The van der Waals surface area contributed by atoms with Gasteiger partial charge < -0.3 is 19.5 Å². The maximum atomic E-state index is 10.9. The SMILES string of the molecule is CNc1c(COCCCOCCOC)cccc1[N+](=O)[O-]. The summed E-state index contributed by atoms with van der Waals surface area (Å²) in [5.41, 5.74) is 1.33. The van der Waals surface area contributed by atoms with Gasteiger partial charge in [-0.1, -0.05) is 12.1 Å². The van der Waals surface area contributed by atoms with E-state index in [4.69, 9.17) is 14.2 Å². The molecule has 0 atom stereocenters. The Hall–Kier alpha value is -1.70. The highest BCUT2D eigenvalue weighted by molar-refractivity contribution is 5.65. The molecule has 1 aromatic rings. The number of benzene rings is 1. The lowest BCUT2D eigenvalue weighted by molar-refractivity contribution is -0.384. The highest BCUT2D eigenvalue weighted by Crippen LogP contribution is 2.28. The van der Waals surface area contributed by atoms with Gasteiger partial charge in [-0.3, -0.25) is 10.1 Å². The van der Waals surface area contributed by atoms with Crippen molar-refractivity contribution < 1.29 is 19.1 Å². The number of hydrogen-bond donors (Lipinski definition) is 1. The van der Waals surface area contributed by atoms with Gasteiger partial charge in [-0.15, -0.1) is 0 Å². The van der Waals surface area contributed by atoms with Gasteiger partial charge >= 0.3 is 0 Å². The zero-order valence-electron chi connectivity index (χ0n) is 12.5. The van der Waals surface area contributed by atoms with E-state index in [1.165, 1.54) is 6.07 Å². The summed E-state index contributed by atoms with van der Waals surface area (Å²) >= 11 is 0. The first-order chi connectivity index (χ1) is 10.2. The molecule has 1 N–H and O–H groups in total. The molecule has 0 saturated carbocycles. The summed E-state index contributed by atoms with van der Waals surface area (Å²) in [6.07, 6.45) is 0.771. The van der Waals surface area contributed by atoms with E-state index in [9.17, 15) is 10.1 Å².